The number of rotatable bonds is 2. The largest absolute Gasteiger partial charge is 0.468 e. The molecular formula is C12H20O5. The van der Waals surface area contributed by atoms with E-state index in [-0.39, 0.29) is 13.2 Å². The Morgan fingerprint density at radius 1 is 1.35 bits per heavy atom. The van der Waals surface area contributed by atoms with Crippen LogP contribution in [-0.4, -0.2) is 49.2 Å². The Bertz CT molecular complexity index is 319. The molecule has 0 bridgehead atoms. The van der Waals surface area contributed by atoms with Crippen LogP contribution in [0.5, 0.6) is 0 Å². The molecule has 2 saturated heterocycles. The van der Waals surface area contributed by atoms with Crippen LogP contribution in [0.3, 0.4) is 0 Å². The predicted molar refractivity (Wildman–Crippen MR) is 59.5 cm³/mol. The smallest absolute Gasteiger partial charge is 0.317 e. The number of esters is 1. The normalized spacial score (nSPS) is 40.5. The first-order chi connectivity index (χ1) is 7.85. The fourth-order valence-corrected chi connectivity index (χ4v) is 2.91. The van der Waals surface area contributed by atoms with E-state index in [4.69, 9.17) is 14.2 Å². The highest BCUT2D eigenvalue weighted by molar-refractivity contribution is 5.79. The molecule has 2 unspecified atom stereocenters. The van der Waals surface area contributed by atoms with Gasteiger partial charge in [0.1, 0.15) is 11.0 Å². The van der Waals surface area contributed by atoms with Crippen molar-refractivity contribution >= 4 is 5.97 Å². The maximum Gasteiger partial charge on any atom is 0.317 e. The summed E-state index contributed by atoms with van der Waals surface area (Å²) < 4.78 is 15.7. The van der Waals surface area contributed by atoms with Crippen LogP contribution >= 0.6 is 0 Å². The lowest BCUT2D eigenvalue weighted by Gasteiger charge is -2.38. The van der Waals surface area contributed by atoms with E-state index in [1.54, 1.807) is 0 Å². The van der Waals surface area contributed by atoms with E-state index in [1.165, 1.54) is 7.11 Å². The summed E-state index contributed by atoms with van der Waals surface area (Å²) in [5.74, 6) is -0.404. The standard InChI is InChI=1S/C12H20O5/c1-10(2)6-12(14,8-17-10)11(9(13)15-3)4-5-16-7-11/h14H,4-8H2,1-3H3. The molecular weight excluding hydrogens is 224 g/mol. The van der Waals surface area contributed by atoms with Crippen molar-refractivity contribution in [2.45, 2.75) is 37.9 Å². The average Bonchev–Trinajstić information content (AvgIpc) is 2.84. The third-order valence-electron chi connectivity index (χ3n) is 3.91. The molecule has 0 radical (unpaired) electrons. The summed E-state index contributed by atoms with van der Waals surface area (Å²) >= 11 is 0. The van der Waals surface area contributed by atoms with Crippen LogP contribution in [0.1, 0.15) is 26.7 Å². The lowest BCUT2D eigenvalue weighted by molar-refractivity contribution is -0.173. The first-order valence-electron chi connectivity index (χ1n) is 5.88. The molecule has 2 aliphatic heterocycles. The zero-order valence-electron chi connectivity index (χ0n) is 10.6. The topological polar surface area (TPSA) is 65.0 Å². The highest BCUT2D eigenvalue weighted by atomic mass is 16.5. The van der Waals surface area contributed by atoms with Crippen LogP contribution in [0.4, 0.5) is 0 Å². The van der Waals surface area contributed by atoms with Gasteiger partial charge in [-0.25, -0.2) is 0 Å². The Morgan fingerprint density at radius 2 is 2.06 bits per heavy atom. The van der Waals surface area contributed by atoms with Gasteiger partial charge in [0.05, 0.1) is 25.9 Å². The van der Waals surface area contributed by atoms with E-state index in [9.17, 15) is 9.90 Å². The van der Waals surface area contributed by atoms with Gasteiger partial charge in [0.25, 0.3) is 0 Å². The van der Waals surface area contributed by atoms with Crippen molar-refractivity contribution in [3.05, 3.63) is 0 Å². The van der Waals surface area contributed by atoms with Crippen LogP contribution in [-0.2, 0) is 19.0 Å². The SMILES string of the molecule is COC(=O)C1(C2(O)COC(C)(C)C2)CCOC1. The molecule has 2 heterocycles. The fraction of sp³-hybridized carbons (Fsp3) is 0.917. The zero-order valence-corrected chi connectivity index (χ0v) is 10.6. The van der Waals surface area contributed by atoms with E-state index in [2.05, 4.69) is 0 Å². The van der Waals surface area contributed by atoms with Crippen LogP contribution < -0.4 is 0 Å². The highest BCUT2D eigenvalue weighted by Crippen LogP contribution is 2.49. The Hall–Kier alpha value is -0.650. The second-order valence-electron chi connectivity index (χ2n) is 5.63. The number of hydrogen-bond acceptors (Lipinski definition) is 5. The Morgan fingerprint density at radius 3 is 2.47 bits per heavy atom. The van der Waals surface area contributed by atoms with Gasteiger partial charge in [-0.3, -0.25) is 4.79 Å². The van der Waals surface area contributed by atoms with Gasteiger partial charge in [-0.1, -0.05) is 0 Å². The Balaban J connectivity index is 2.31. The molecule has 2 atom stereocenters. The molecule has 0 spiro atoms. The Labute approximate surface area is 101 Å². The third kappa shape index (κ3) is 1.86. The van der Waals surface area contributed by atoms with Crippen molar-refractivity contribution in [3.63, 3.8) is 0 Å². The highest BCUT2D eigenvalue weighted by Gasteiger charge is 2.63. The molecule has 0 saturated carbocycles. The van der Waals surface area contributed by atoms with E-state index < -0.39 is 22.6 Å². The quantitative estimate of drug-likeness (QED) is 0.716. The summed E-state index contributed by atoms with van der Waals surface area (Å²) in [5, 5.41) is 10.8. The number of carbonyl (C=O) groups excluding carboxylic acids is 1. The van der Waals surface area contributed by atoms with Gasteiger partial charge in [-0.05, 0) is 20.3 Å². The molecule has 5 nitrogen and oxygen atoms in total. The van der Waals surface area contributed by atoms with E-state index in [0.29, 0.717) is 19.4 Å². The number of hydrogen-bond donors (Lipinski definition) is 1. The minimum atomic E-state index is -1.19. The minimum absolute atomic E-state index is 0.151. The lowest BCUT2D eigenvalue weighted by Crippen LogP contribution is -2.55. The molecule has 0 aliphatic carbocycles. The van der Waals surface area contributed by atoms with Crippen LogP contribution in [0.15, 0.2) is 0 Å². The van der Waals surface area contributed by atoms with Gasteiger partial charge in [-0.2, -0.15) is 0 Å². The first kappa shape index (κ1) is 12.8. The molecule has 2 aliphatic rings. The maximum atomic E-state index is 12.0. The molecule has 0 amide bonds. The predicted octanol–water partition coefficient (Wildman–Crippen LogP) is 0.496. The monoisotopic (exact) mass is 244 g/mol. The molecule has 98 valence electrons. The maximum absolute atomic E-state index is 12.0. The molecule has 0 aromatic rings. The fourth-order valence-electron chi connectivity index (χ4n) is 2.91. The summed E-state index contributed by atoms with van der Waals surface area (Å²) in [6.07, 6.45) is 0.897. The van der Waals surface area contributed by atoms with Crippen molar-refractivity contribution < 1.29 is 24.1 Å². The van der Waals surface area contributed by atoms with Crippen molar-refractivity contribution in [1.29, 1.82) is 0 Å². The van der Waals surface area contributed by atoms with Crippen molar-refractivity contribution in [2.75, 3.05) is 26.9 Å². The van der Waals surface area contributed by atoms with E-state index in [0.717, 1.165) is 0 Å². The molecule has 2 fully saturated rings. The molecule has 0 aromatic heterocycles. The summed E-state index contributed by atoms with van der Waals surface area (Å²) in [6.45, 7) is 4.64. The molecule has 1 N–H and O–H groups in total. The number of carbonyl (C=O) groups is 1. The number of methoxy groups -OCH3 is 1. The molecule has 0 aromatic carbocycles. The van der Waals surface area contributed by atoms with Gasteiger partial charge >= 0.3 is 5.97 Å². The van der Waals surface area contributed by atoms with Gasteiger partial charge < -0.3 is 19.3 Å². The van der Waals surface area contributed by atoms with Gasteiger partial charge in [0, 0.05) is 13.0 Å². The van der Waals surface area contributed by atoms with E-state index >= 15 is 0 Å². The third-order valence-corrected chi connectivity index (χ3v) is 3.91. The second kappa shape index (κ2) is 3.93. The number of ether oxygens (including phenoxy) is 3. The number of aliphatic hydroxyl groups is 1. The van der Waals surface area contributed by atoms with Crippen molar-refractivity contribution in [2.24, 2.45) is 5.41 Å². The minimum Gasteiger partial charge on any atom is -0.468 e. The van der Waals surface area contributed by atoms with E-state index in [1.807, 2.05) is 13.8 Å². The lowest BCUT2D eigenvalue weighted by atomic mass is 9.68. The van der Waals surface area contributed by atoms with Crippen molar-refractivity contribution in [1.82, 2.24) is 0 Å². The average molecular weight is 244 g/mol. The molecule has 2 rings (SSSR count). The summed E-state index contributed by atoms with van der Waals surface area (Å²) in [4.78, 5) is 12.0. The van der Waals surface area contributed by atoms with Gasteiger partial charge in [0.15, 0.2) is 0 Å². The second-order valence-corrected chi connectivity index (χ2v) is 5.63. The summed E-state index contributed by atoms with van der Waals surface area (Å²) in [7, 11) is 1.34. The van der Waals surface area contributed by atoms with Gasteiger partial charge in [-0.15, -0.1) is 0 Å². The summed E-state index contributed by atoms with van der Waals surface area (Å²) in [6, 6.07) is 0. The first-order valence-corrected chi connectivity index (χ1v) is 5.88. The van der Waals surface area contributed by atoms with Crippen LogP contribution in [0, 0.1) is 5.41 Å². The van der Waals surface area contributed by atoms with Gasteiger partial charge in [0.2, 0.25) is 0 Å². The van der Waals surface area contributed by atoms with Crippen LogP contribution in [0.2, 0.25) is 0 Å². The Kier molecular flexibility index (Phi) is 2.96. The zero-order chi connectivity index (χ0) is 12.7. The molecule has 5 heteroatoms. The van der Waals surface area contributed by atoms with Crippen molar-refractivity contribution in [3.8, 4) is 0 Å². The van der Waals surface area contributed by atoms with Crippen LogP contribution in [0.25, 0.3) is 0 Å². The summed E-state index contributed by atoms with van der Waals surface area (Å²) in [5.41, 5.74) is -2.59. The molecule has 17 heavy (non-hydrogen) atoms.